The Morgan fingerprint density at radius 1 is 1.38 bits per heavy atom. The molecule has 16 heavy (non-hydrogen) atoms. The Balaban J connectivity index is 2.51. The lowest BCUT2D eigenvalue weighted by atomic mass is 10.4. The minimum atomic E-state index is -0.0380. The van der Waals surface area contributed by atoms with Gasteiger partial charge in [0.15, 0.2) is 0 Å². The van der Waals surface area contributed by atoms with Gasteiger partial charge in [-0.25, -0.2) is 9.97 Å². The Labute approximate surface area is 95.7 Å². The van der Waals surface area contributed by atoms with Gasteiger partial charge in [-0.2, -0.15) is 0 Å². The maximum absolute atomic E-state index is 11.4. The van der Waals surface area contributed by atoms with Crippen LogP contribution in [0.15, 0.2) is 6.07 Å². The van der Waals surface area contributed by atoms with Gasteiger partial charge < -0.3 is 10.6 Å². The van der Waals surface area contributed by atoms with Gasteiger partial charge in [0.25, 0.3) is 0 Å². The lowest BCUT2D eigenvalue weighted by molar-refractivity contribution is -0.119. The van der Waals surface area contributed by atoms with Crippen LogP contribution in [0.1, 0.15) is 25.4 Å². The predicted octanol–water partition coefficient (Wildman–Crippen LogP) is 1.03. The minimum Gasteiger partial charge on any atom is -0.361 e. The highest BCUT2D eigenvalue weighted by molar-refractivity contribution is 5.80. The Hall–Kier alpha value is -1.65. The average molecular weight is 222 g/mol. The summed E-state index contributed by atoms with van der Waals surface area (Å²) in [6.45, 7) is 7.81. The van der Waals surface area contributed by atoms with E-state index >= 15 is 0 Å². The molecule has 5 nitrogen and oxygen atoms in total. The first kappa shape index (κ1) is 12.4. The molecule has 0 aliphatic carbocycles. The monoisotopic (exact) mass is 222 g/mol. The Morgan fingerprint density at radius 3 is 2.62 bits per heavy atom. The fraction of sp³-hybridized carbons (Fsp3) is 0.545. The Kier molecular flexibility index (Phi) is 4.22. The summed E-state index contributed by atoms with van der Waals surface area (Å²) in [5.74, 6) is 1.35. The molecule has 0 unspecified atom stereocenters. The number of carbonyl (C=O) groups excluding carboxylic acids is 1. The molecule has 1 heterocycles. The predicted molar refractivity (Wildman–Crippen MR) is 63.3 cm³/mol. The molecule has 1 aromatic heterocycles. The SMILES string of the molecule is Cc1cc(NCC(=O)NC(C)C)nc(C)n1. The van der Waals surface area contributed by atoms with Gasteiger partial charge in [0.2, 0.25) is 5.91 Å². The van der Waals surface area contributed by atoms with E-state index in [4.69, 9.17) is 0 Å². The molecule has 88 valence electrons. The third-order valence-corrected chi connectivity index (χ3v) is 1.85. The summed E-state index contributed by atoms with van der Waals surface area (Å²) in [6.07, 6.45) is 0. The van der Waals surface area contributed by atoms with E-state index in [1.54, 1.807) is 0 Å². The molecule has 0 aromatic carbocycles. The number of aromatic nitrogens is 2. The number of hydrogen-bond donors (Lipinski definition) is 2. The van der Waals surface area contributed by atoms with Gasteiger partial charge >= 0.3 is 0 Å². The lowest BCUT2D eigenvalue weighted by Gasteiger charge is -2.10. The summed E-state index contributed by atoms with van der Waals surface area (Å²) < 4.78 is 0. The molecule has 0 saturated carbocycles. The molecule has 1 amide bonds. The van der Waals surface area contributed by atoms with Gasteiger partial charge in [-0.05, 0) is 27.7 Å². The molecule has 0 atom stereocenters. The topological polar surface area (TPSA) is 66.9 Å². The van der Waals surface area contributed by atoms with Crippen LogP contribution in [0, 0.1) is 13.8 Å². The van der Waals surface area contributed by atoms with E-state index < -0.39 is 0 Å². The van der Waals surface area contributed by atoms with E-state index in [1.165, 1.54) is 0 Å². The normalized spacial score (nSPS) is 10.3. The van der Waals surface area contributed by atoms with Gasteiger partial charge in [0, 0.05) is 17.8 Å². The van der Waals surface area contributed by atoms with Crippen molar-refractivity contribution in [3.8, 4) is 0 Å². The van der Waals surface area contributed by atoms with Crippen LogP contribution in [-0.4, -0.2) is 28.5 Å². The molecule has 5 heteroatoms. The van der Waals surface area contributed by atoms with Crippen LogP contribution < -0.4 is 10.6 Å². The van der Waals surface area contributed by atoms with Crippen LogP contribution in [-0.2, 0) is 4.79 Å². The minimum absolute atomic E-state index is 0.0380. The summed E-state index contributed by atoms with van der Waals surface area (Å²) >= 11 is 0. The molecule has 0 spiro atoms. The molecule has 0 aliphatic rings. The lowest BCUT2D eigenvalue weighted by Crippen LogP contribution is -2.35. The zero-order chi connectivity index (χ0) is 12.1. The number of aryl methyl sites for hydroxylation is 2. The zero-order valence-electron chi connectivity index (χ0n) is 10.2. The molecule has 1 rings (SSSR count). The molecular formula is C11H18N4O. The van der Waals surface area contributed by atoms with Gasteiger partial charge in [-0.3, -0.25) is 4.79 Å². The third-order valence-electron chi connectivity index (χ3n) is 1.85. The van der Waals surface area contributed by atoms with Crippen molar-refractivity contribution in [3.63, 3.8) is 0 Å². The largest absolute Gasteiger partial charge is 0.361 e. The van der Waals surface area contributed by atoms with E-state index in [2.05, 4.69) is 20.6 Å². The van der Waals surface area contributed by atoms with E-state index in [0.717, 1.165) is 5.69 Å². The van der Waals surface area contributed by atoms with Crippen molar-refractivity contribution in [1.82, 2.24) is 15.3 Å². The maximum atomic E-state index is 11.4. The Bertz CT molecular complexity index is 356. The number of nitrogens with zero attached hydrogens (tertiary/aromatic N) is 2. The fourth-order valence-corrected chi connectivity index (χ4v) is 1.35. The molecule has 0 saturated heterocycles. The smallest absolute Gasteiger partial charge is 0.239 e. The number of hydrogen-bond acceptors (Lipinski definition) is 4. The molecule has 1 aromatic rings. The van der Waals surface area contributed by atoms with E-state index in [1.807, 2.05) is 33.8 Å². The van der Waals surface area contributed by atoms with Crippen molar-refractivity contribution in [2.24, 2.45) is 0 Å². The number of nitrogens with one attached hydrogen (secondary N) is 2. The van der Waals surface area contributed by atoms with Crippen molar-refractivity contribution in [2.45, 2.75) is 33.7 Å². The highest BCUT2D eigenvalue weighted by atomic mass is 16.1. The van der Waals surface area contributed by atoms with Crippen LogP contribution in [0.2, 0.25) is 0 Å². The first-order valence-electron chi connectivity index (χ1n) is 5.33. The van der Waals surface area contributed by atoms with Crippen LogP contribution in [0.5, 0.6) is 0 Å². The van der Waals surface area contributed by atoms with Crippen LogP contribution in [0.3, 0.4) is 0 Å². The fourth-order valence-electron chi connectivity index (χ4n) is 1.35. The molecule has 0 aliphatic heterocycles. The van der Waals surface area contributed by atoms with Crippen molar-refractivity contribution in [1.29, 1.82) is 0 Å². The summed E-state index contributed by atoms with van der Waals surface area (Å²) in [6, 6.07) is 1.97. The molecule has 0 radical (unpaired) electrons. The van der Waals surface area contributed by atoms with Crippen LogP contribution in [0.4, 0.5) is 5.82 Å². The second kappa shape index (κ2) is 5.44. The van der Waals surface area contributed by atoms with E-state index in [-0.39, 0.29) is 18.5 Å². The van der Waals surface area contributed by atoms with Gasteiger partial charge in [-0.1, -0.05) is 0 Å². The number of anilines is 1. The Morgan fingerprint density at radius 2 is 2.06 bits per heavy atom. The third kappa shape index (κ3) is 4.25. The van der Waals surface area contributed by atoms with Crippen LogP contribution >= 0.6 is 0 Å². The second-order valence-corrected chi connectivity index (χ2v) is 4.02. The quantitative estimate of drug-likeness (QED) is 0.798. The van der Waals surface area contributed by atoms with Crippen LogP contribution in [0.25, 0.3) is 0 Å². The summed E-state index contributed by atoms with van der Waals surface area (Å²) in [7, 11) is 0. The standard InChI is InChI=1S/C11H18N4O/c1-7(2)13-11(16)6-12-10-5-8(3)14-9(4)15-10/h5,7H,6H2,1-4H3,(H,13,16)(H,12,14,15). The zero-order valence-corrected chi connectivity index (χ0v) is 10.2. The van der Waals surface area contributed by atoms with E-state index in [0.29, 0.717) is 11.6 Å². The molecule has 0 bridgehead atoms. The summed E-state index contributed by atoms with van der Waals surface area (Å²) in [5.41, 5.74) is 0.888. The molecule has 2 N–H and O–H groups in total. The van der Waals surface area contributed by atoms with Crippen molar-refractivity contribution in [3.05, 3.63) is 17.6 Å². The van der Waals surface area contributed by atoms with Gasteiger partial charge in [0.1, 0.15) is 11.6 Å². The highest BCUT2D eigenvalue weighted by Gasteiger charge is 2.04. The second-order valence-electron chi connectivity index (χ2n) is 4.02. The van der Waals surface area contributed by atoms with Gasteiger partial charge in [0.05, 0.1) is 6.54 Å². The number of rotatable bonds is 4. The van der Waals surface area contributed by atoms with Crippen molar-refractivity contribution in [2.75, 3.05) is 11.9 Å². The first-order chi connectivity index (χ1) is 7.47. The number of amides is 1. The molecule has 0 fully saturated rings. The van der Waals surface area contributed by atoms with E-state index in [9.17, 15) is 4.79 Å². The van der Waals surface area contributed by atoms with Gasteiger partial charge in [-0.15, -0.1) is 0 Å². The summed E-state index contributed by atoms with van der Waals surface area (Å²) in [5, 5.41) is 5.77. The van der Waals surface area contributed by atoms with Crippen molar-refractivity contribution < 1.29 is 4.79 Å². The highest BCUT2D eigenvalue weighted by Crippen LogP contribution is 2.04. The maximum Gasteiger partial charge on any atom is 0.239 e. The average Bonchev–Trinajstić information content (AvgIpc) is 2.12. The number of carbonyl (C=O) groups is 1. The molecular weight excluding hydrogens is 204 g/mol. The summed E-state index contributed by atoms with van der Waals surface area (Å²) in [4.78, 5) is 19.7. The van der Waals surface area contributed by atoms with Crippen molar-refractivity contribution >= 4 is 11.7 Å². The first-order valence-corrected chi connectivity index (χ1v) is 5.33.